The van der Waals surface area contributed by atoms with E-state index in [1.54, 1.807) is 31.3 Å². The van der Waals surface area contributed by atoms with Crippen LogP contribution in [0, 0.1) is 0 Å². The monoisotopic (exact) mass is 439 g/mol. The first-order valence-corrected chi connectivity index (χ1v) is 11.4. The third-order valence-corrected chi connectivity index (χ3v) is 7.45. The molecule has 1 amide bonds. The minimum atomic E-state index is -3.94. The van der Waals surface area contributed by atoms with Crippen LogP contribution >= 0.6 is 0 Å². The van der Waals surface area contributed by atoms with Gasteiger partial charge in [-0.2, -0.15) is 0 Å². The predicted molar refractivity (Wildman–Crippen MR) is 114 cm³/mol. The zero-order valence-electron chi connectivity index (χ0n) is 17.1. The minimum absolute atomic E-state index is 0.0218. The Morgan fingerprint density at radius 3 is 2.68 bits per heavy atom. The van der Waals surface area contributed by atoms with E-state index in [-0.39, 0.29) is 27.8 Å². The Balaban J connectivity index is 1.58. The van der Waals surface area contributed by atoms with Gasteiger partial charge >= 0.3 is 0 Å². The normalized spacial score (nSPS) is 15.7. The fourth-order valence-corrected chi connectivity index (χ4v) is 5.50. The molecule has 1 heterocycles. The highest BCUT2D eigenvalue weighted by Crippen LogP contribution is 2.58. The lowest BCUT2D eigenvalue weighted by atomic mass is 9.79. The summed E-state index contributed by atoms with van der Waals surface area (Å²) in [6, 6.07) is 12.0. The number of sulfonamides is 1. The van der Waals surface area contributed by atoms with Gasteiger partial charge < -0.3 is 14.6 Å². The van der Waals surface area contributed by atoms with Crippen molar-refractivity contribution in [2.24, 2.45) is 0 Å². The standard InChI is InChI=1S/C22H21N3O5S/c1-23-21(26)13-7-8-16-14(11-13)19-15(12-22(16)9-10-22)20(24-30-19)25-31(27,28)18-6-4-3-5-17(18)29-2/h3-8,11H,9-10,12H2,1-2H3,(H,23,26)(H,24,25). The summed E-state index contributed by atoms with van der Waals surface area (Å²) in [7, 11) is -0.942. The molecule has 0 bridgehead atoms. The summed E-state index contributed by atoms with van der Waals surface area (Å²) in [6.07, 6.45) is 2.60. The van der Waals surface area contributed by atoms with Gasteiger partial charge in [-0.25, -0.2) is 8.42 Å². The van der Waals surface area contributed by atoms with E-state index in [0.717, 1.165) is 24.0 Å². The molecule has 0 saturated heterocycles. The Hall–Kier alpha value is -3.33. The van der Waals surface area contributed by atoms with Gasteiger partial charge in [0.15, 0.2) is 11.6 Å². The number of para-hydroxylation sites is 1. The number of nitrogens with zero attached hydrogens (tertiary/aromatic N) is 1. The maximum Gasteiger partial charge on any atom is 0.266 e. The number of rotatable bonds is 5. The van der Waals surface area contributed by atoms with Crippen molar-refractivity contribution in [2.45, 2.75) is 29.6 Å². The summed E-state index contributed by atoms with van der Waals surface area (Å²) >= 11 is 0. The molecule has 31 heavy (non-hydrogen) atoms. The summed E-state index contributed by atoms with van der Waals surface area (Å²) in [6.45, 7) is 0. The van der Waals surface area contributed by atoms with Crippen LogP contribution in [-0.4, -0.2) is 33.6 Å². The van der Waals surface area contributed by atoms with Crippen molar-refractivity contribution in [3.05, 3.63) is 59.2 Å². The highest BCUT2D eigenvalue weighted by molar-refractivity contribution is 7.92. The molecule has 0 unspecified atom stereocenters. The van der Waals surface area contributed by atoms with Crippen molar-refractivity contribution >= 4 is 21.7 Å². The van der Waals surface area contributed by atoms with E-state index >= 15 is 0 Å². The smallest absolute Gasteiger partial charge is 0.266 e. The molecule has 0 atom stereocenters. The molecule has 0 radical (unpaired) electrons. The molecular formula is C22H21N3O5S. The Morgan fingerprint density at radius 1 is 1.19 bits per heavy atom. The first-order valence-electron chi connectivity index (χ1n) is 9.90. The average Bonchev–Trinajstić information content (AvgIpc) is 3.45. The zero-order valence-corrected chi connectivity index (χ0v) is 17.9. The summed E-state index contributed by atoms with van der Waals surface area (Å²) < 4.78 is 39.5. The SMILES string of the molecule is CNC(=O)c1ccc2c(c1)-c1onc(NS(=O)(=O)c3ccccc3OC)c1CC21CC1. The van der Waals surface area contributed by atoms with Crippen LogP contribution in [0.25, 0.3) is 11.3 Å². The van der Waals surface area contributed by atoms with E-state index < -0.39 is 10.0 Å². The van der Waals surface area contributed by atoms with Crippen LogP contribution < -0.4 is 14.8 Å². The highest BCUT2D eigenvalue weighted by Gasteiger charge is 2.50. The van der Waals surface area contributed by atoms with Crippen LogP contribution in [0.2, 0.25) is 0 Å². The van der Waals surface area contributed by atoms with Gasteiger partial charge in [-0.3, -0.25) is 9.52 Å². The number of hydrogen-bond acceptors (Lipinski definition) is 6. The molecule has 8 nitrogen and oxygen atoms in total. The van der Waals surface area contributed by atoms with Gasteiger partial charge in [0, 0.05) is 29.2 Å². The number of fused-ring (bicyclic) bond motifs is 4. The topological polar surface area (TPSA) is 111 Å². The number of methoxy groups -OCH3 is 1. The largest absolute Gasteiger partial charge is 0.495 e. The van der Waals surface area contributed by atoms with E-state index in [1.165, 1.54) is 13.2 Å². The second kappa shape index (κ2) is 6.84. The molecule has 0 aliphatic heterocycles. The number of hydrogen-bond donors (Lipinski definition) is 2. The van der Waals surface area contributed by atoms with Crippen LogP contribution in [-0.2, 0) is 21.9 Å². The Morgan fingerprint density at radius 2 is 1.97 bits per heavy atom. The third kappa shape index (κ3) is 3.07. The number of amides is 1. The molecule has 2 aliphatic rings. The molecule has 3 aromatic rings. The molecule has 1 spiro atoms. The van der Waals surface area contributed by atoms with Crippen molar-refractivity contribution < 1.29 is 22.5 Å². The van der Waals surface area contributed by atoms with Gasteiger partial charge in [0.2, 0.25) is 0 Å². The maximum atomic E-state index is 13.0. The number of aromatic nitrogens is 1. The van der Waals surface area contributed by atoms with Crippen LogP contribution in [0.1, 0.15) is 34.3 Å². The second-order valence-corrected chi connectivity index (χ2v) is 9.54. The molecule has 1 fully saturated rings. The Kier molecular flexibility index (Phi) is 4.33. The molecule has 9 heteroatoms. The van der Waals surface area contributed by atoms with Crippen LogP contribution in [0.3, 0.4) is 0 Å². The summed E-state index contributed by atoms with van der Waals surface area (Å²) in [4.78, 5) is 12.2. The lowest BCUT2D eigenvalue weighted by Gasteiger charge is -2.25. The lowest BCUT2D eigenvalue weighted by Crippen LogP contribution is -2.22. The van der Waals surface area contributed by atoms with Crippen molar-refractivity contribution in [2.75, 3.05) is 18.9 Å². The number of carbonyl (C=O) groups excluding carboxylic acids is 1. The number of nitrogens with one attached hydrogen (secondary N) is 2. The number of carbonyl (C=O) groups is 1. The Labute approximate surface area is 179 Å². The average molecular weight is 439 g/mol. The third-order valence-electron chi connectivity index (χ3n) is 6.07. The van der Waals surface area contributed by atoms with Crippen LogP contribution in [0.5, 0.6) is 5.75 Å². The molecule has 1 saturated carbocycles. The van der Waals surface area contributed by atoms with Crippen LogP contribution in [0.15, 0.2) is 51.9 Å². The fourth-order valence-electron chi connectivity index (χ4n) is 4.30. The summed E-state index contributed by atoms with van der Waals surface area (Å²) in [5.74, 6) is 0.710. The second-order valence-electron chi connectivity index (χ2n) is 7.89. The van der Waals surface area contributed by atoms with E-state index in [0.29, 0.717) is 23.3 Å². The van der Waals surface area contributed by atoms with Crippen molar-refractivity contribution in [1.82, 2.24) is 10.5 Å². The molecule has 2 aromatic carbocycles. The molecule has 1 aromatic heterocycles. The van der Waals surface area contributed by atoms with E-state index in [9.17, 15) is 13.2 Å². The Bertz CT molecular complexity index is 1310. The number of anilines is 1. The number of ether oxygens (including phenoxy) is 1. The quantitative estimate of drug-likeness (QED) is 0.632. The fraction of sp³-hybridized carbons (Fsp3) is 0.273. The summed E-state index contributed by atoms with van der Waals surface area (Å²) in [5, 5.41) is 6.67. The van der Waals surface area contributed by atoms with Crippen molar-refractivity contribution in [3.8, 4) is 17.1 Å². The van der Waals surface area contributed by atoms with E-state index in [2.05, 4.69) is 15.2 Å². The lowest BCUT2D eigenvalue weighted by molar-refractivity contribution is 0.0963. The van der Waals surface area contributed by atoms with Gasteiger partial charge in [-0.15, -0.1) is 0 Å². The zero-order chi connectivity index (χ0) is 21.8. The predicted octanol–water partition coefficient (Wildman–Crippen LogP) is 3.10. The van der Waals surface area contributed by atoms with Gasteiger partial charge in [0.1, 0.15) is 10.6 Å². The highest BCUT2D eigenvalue weighted by atomic mass is 32.2. The molecule has 2 N–H and O–H groups in total. The minimum Gasteiger partial charge on any atom is -0.495 e. The maximum absolute atomic E-state index is 13.0. The first kappa shape index (κ1) is 19.6. The van der Waals surface area contributed by atoms with Gasteiger partial charge in [-0.1, -0.05) is 23.4 Å². The van der Waals surface area contributed by atoms with Crippen molar-refractivity contribution in [1.29, 1.82) is 0 Å². The van der Waals surface area contributed by atoms with Gasteiger partial charge in [-0.05, 0) is 49.1 Å². The number of benzene rings is 2. The van der Waals surface area contributed by atoms with Crippen LogP contribution in [0.4, 0.5) is 5.82 Å². The molecule has 160 valence electrons. The van der Waals surface area contributed by atoms with Gasteiger partial charge in [0.25, 0.3) is 15.9 Å². The van der Waals surface area contributed by atoms with Gasteiger partial charge in [0.05, 0.1) is 7.11 Å². The van der Waals surface area contributed by atoms with E-state index in [4.69, 9.17) is 9.26 Å². The molecular weight excluding hydrogens is 418 g/mol. The first-order chi connectivity index (χ1) is 14.9. The van der Waals surface area contributed by atoms with E-state index in [1.807, 2.05) is 12.1 Å². The molecule has 5 rings (SSSR count). The van der Waals surface area contributed by atoms with Crippen molar-refractivity contribution in [3.63, 3.8) is 0 Å². The molecule has 2 aliphatic carbocycles. The summed E-state index contributed by atoms with van der Waals surface area (Å²) in [5.41, 5.74) is 3.05.